The average molecular weight is 441 g/mol. The summed E-state index contributed by atoms with van der Waals surface area (Å²) in [5.41, 5.74) is 4.02. The lowest BCUT2D eigenvalue weighted by atomic mass is 9.87. The molecule has 2 aromatic rings. The Bertz CT molecular complexity index is 952. The van der Waals surface area contributed by atoms with Gasteiger partial charge in [-0.2, -0.15) is 0 Å². The molecule has 0 unspecified atom stereocenters. The molecule has 2 N–H and O–H groups in total. The van der Waals surface area contributed by atoms with Crippen molar-refractivity contribution in [1.82, 2.24) is 5.32 Å². The van der Waals surface area contributed by atoms with Gasteiger partial charge in [0.05, 0.1) is 12.2 Å². The second-order valence-corrected chi connectivity index (χ2v) is 9.96. The van der Waals surface area contributed by atoms with E-state index in [4.69, 9.17) is 4.74 Å². The Morgan fingerprint density at radius 3 is 2.52 bits per heavy atom. The normalized spacial score (nSPS) is 13.8. The minimum atomic E-state index is -0.232. The first-order valence-electron chi connectivity index (χ1n) is 10.8. The predicted molar refractivity (Wildman–Crippen MR) is 128 cm³/mol. The van der Waals surface area contributed by atoms with Crippen molar-refractivity contribution in [3.63, 3.8) is 0 Å². The van der Waals surface area contributed by atoms with Crippen LogP contribution in [0.2, 0.25) is 0 Å². The molecule has 1 heterocycles. The highest BCUT2D eigenvalue weighted by molar-refractivity contribution is 7.17. The Labute approximate surface area is 188 Å². The SMILES string of the molecule is COCCNC(=O)c1c(NC(=O)/C=C/c2ccc(C(C)(C)C)cc2)sc2c1CCCC2. The summed E-state index contributed by atoms with van der Waals surface area (Å²) in [6, 6.07) is 8.21. The summed E-state index contributed by atoms with van der Waals surface area (Å²) in [7, 11) is 1.60. The van der Waals surface area contributed by atoms with Crippen LogP contribution in [0.25, 0.3) is 6.08 Å². The molecule has 6 heteroatoms. The largest absolute Gasteiger partial charge is 0.383 e. The molecule has 0 spiro atoms. The maximum atomic E-state index is 12.8. The lowest BCUT2D eigenvalue weighted by Crippen LogP contribution is -2.28. The van der Waals surface area contributed by atoms with Crippen molar-refractivity contribution >= 4 is 34.2 Å². The fourth-order valence-electron chi connectivity index (χ4n) is 3.67. The second-order valence-electron chi connectivity index (χ2n) is 8.86. The molecule has 0 atom stereocenters. The van der Waals surface area contributed by atoms with Gasteiger partial charge in [0.15, 0.2) is 0 Å². The predicted octanol–water partition coefficient (Wildman–Crippen LogP) is 4.95. The molecule has 1 aromatic carbocycles. The standard InChI is InChI=1S/C25H32N2O3S/c1-25(2,3)18-12-9-17(10-13-18)11-14-21(28)27-24-22(23(29)26-15-16-30-4)19-7-5-6-8-20(19)31-24/h9-14H,5-8,15-16H2,1-4H3,(H,26,29)(H,27,28)/b14-11+. The molecular formula is C25H32N2O3S. The third-order valence-corrected chi connectivity index (χ3v) is 6.64. The van der Waals surface area contributed by atoms with Gasteiger partial charge in [0.25, 0.3) is 5.91 Å². The second kappa shape index (κ2) is 10.2. The third-order valence-electron chi connectivity index (χ3n) is 5.43. The zero-order valence-electron chi connectivity index (χ0n) is 18.8. The fraction of sp³-hybridized carbons (Fsp3) is 0.440. The molecular weight excluding hydrogens is 408 g/mol. The molecule has 166 valence electrons. The number of carbonyl (C=O) groups is 2. The number of aryl methyl sites for hydroxylation is 1. The third kappa shape index (κ3) is 6.05. The number of anilines is 1. The molecule has 0 aliphatic heterocycles. The van der Waals surface area contributed by atoms with Gasteiger partial charge in [0.2, 0.25) is 5.91 Å². The fourth-order valence-corrected chi connectivity index (χ4v) is 4.96. The van der Waals surface area contributed by atoms with E-state index in [0.717, 1.165) is 36.8 Å². The number of amides is 2. The van der Waals surface area contributed by atoms with E-state index in [2.05, 4.69) is 43.5 Å². The monoisotopic (exact) mass is 440 g/mol. The van der Waals surface area contributed by atoms with E-state index in [1.54, 1.807) is 13.2 Å². The van der Waals surface area contributed by atoms with Crippen molar-refractivity contribution < 1.29 is 14.3 Å². The smallest absolute Gasteiger partial charge is 0.254 e. The zero-order chi connectivity index (χ0) is 22.4. The van der Waals surface area contributed by atoms with Gasteiger partial charge in [-0.1, -0.05) is 45.0 Å². The summed E-state index contributed by atoms with van der Waals surface area (Å²) in [6.45, 7) is 7.42. The van der Waals surface area contributed by atoms with Crippen molar-refractivity contribution in [2.45, 2.75) is 51.9 Å². The number of fused-ring (bicyclic) bond motifs is 1. The van der Waals surface area contributed by atoms with Crippen molar-refractivity contribution in [3.05, 3.63) is 57.5 Å². The molecule has 31 heavy (non-hydrogen) atoms. The Hall–Kier alpha value is -2.44. The molecule has 2 amide bonds. The molecule has 0 bridgehead atoms. The topological polar surface area (TPSA) is 67.4 Å². The van der Waals surface area contributed by atoms with Crippen LogP contribution in [0.4, 0.5) is 5.00 Å². The highest BCUT2D eigenvalue weighted by Gasteiger charge is 2.25. The molecule has 0 fully saturated rings. The highest BCUT2D eigenvalue weighted by Crippen LogP contribution is 2.38. The lowest BCUT2D eigenvalue weighted by molar-refractivity contribution is -0.111. The molecule has 5 nitrogen and oxygen atoms in total. The number of carbonyl (C=O) groups excluding carboxylic acids is 2. The molecule has 0 radical (unpaired) electrons. The van der Waals surface area contributed by atoms with Crippen molar-refractivity contribution in [2.75, 3.05) is 25.6 Å². The van der Waals surface area contributed by atoms with Gasteiger partial charge in [-0.25, -0.2) is 0 Å². The molecule has 1 aromatic heterocycles. The summed E-state index contributed by atoms with van der Waals surface area (Å²) < 4.78 is 5.03. The number of ether oxygens (including phenoxy) is 1. The maximum absolute atomic E-state index is 12.8. The number of methoxy groups -OCH3 is 1. The van der Waals surface area contributed by atoms with E-state index >= 15 is 0 Å². The number of benzene rings is 1. The van der Waals surface area contributed by atoms with Crippen LogP contribution in [0.3, 0.4) is 0 Å². The summed E-state index contributed by atoms with van der Waals surface area (Å²) in [5, 5.41) is 6.48. The van der Waals surface area contributed by atoms with Gasteiger partial charge in [-0.3, -0.25) is 9.59 Å². The highest BCUT2D eigenvalue weighted by atomic mass is 32.1. The van der Waals surface area contributed by atoms with Crippen LogP contribution in [0.15, 0.2) is 30.3 Å². The molecule has 1 aliphatic rings. The van der Waals surface area contributed by atoms with Crippen molar-refractivity contribution in [2.24, 2.45) is 0 Å². The van der Waals surface area contributed by atoms with Crippen molar-refractivity contribution in [1.29, 1.82) is 0 Å². The molecule has 0 saturated carbocycles. The number of nitrogens with one attached hydrogen (secondary N) is 2. The summed E-state index contributed by atoms with van der Waals surface area (Å²) in [4.78, 5) is 26.6. The first-order chi connectivity index (χ1) is 14.8. The molecule has 3 rings (SSSR count). The van der Waals surface area contributed by atoms with Crippen LogP contribution in [-0.4, -0.2) is 32.1 Å². The lowest BCUT2D eigenvalue weighted by Gasteiger charge is -2.18. The van der Waals surface area contributed by atoms with Crippen LogP contribution in [0, 0.1) is 0 Å². The first-order valence-corrected chi connectivity index (χ1v) is 11.6. The van der Waals surface area contributed by atoms with Gasteiger partial charge >= 0.3 is 0 Å². The molecule has 1 aliphatic carbocycles. The van der Waals surface area contributed by atoms with Gasteiger partial charge in [-0.15, -0.1) is 11.3 Å². The van der Waals surface area contributed by atoms with Crippen molar-refractivity contribution in [3.8, 4) is 0 Å². The molecule has 0 saturated heterocycles. The van der Waals surface area contributed by atoms with Gasteiger partial charge in [0.1, 0.15) is 5.00 Å². The minimum absolute atomic E-state index is 0.0954. The van der Waals surface area contributed by atoms with Crippen LogP contribution < -0.4 is 10.6 Å². The van der Waals surface area contributed by atoms with Crippen LogP contribution >= 0.6 is 11.3 Å². The quantitative estimate of drug-likeness (QED) is 0.473. The van der Waals surface area contributed by atoms with Crippen LogP contribution in [0.1, 0.15) is 65.5 Å². The van der Waals surface area contributed by atoms with E-state index in [9.17, 15) is 9.59 Å². The number of rotatable bonds is 7. The van der Waals surface area contributed by atoms with Gasteiger partial charge in [0, 0.05) is 24.6 Å². The number of hydrogen-bond donors (Lipinski definition) is 2. The Kier molecular flexibility index (Phi) is 7.68. The van der Waals surface area contributed by atoms with E-state index in [-0.39, 0.29) is 17.2 Å². The van der Waals surface area contributed by atoms with E-state index in [1.807, 2.05) is 12.1 Å². The maximum Gasteiger partial charge on any atom is 0.254 e. The zero-order valence-corrected chi connectivity index (χ0v) is 19.7. The Morgan fingerprint density at radius 2 is 1.84 bits per heavy atom. The first kappa shape index (κ1) is 23.2. The van der Waals surface area contributed by atoms with E-state index in [0.29, 0.717) is 23.7 Å². The van der Waals surface area contributed by atoms with Gasteiger partial charge < -0.3 is 15.4 Å². The Balaban J connectivity index is 1.73. The average Bonchev–Trinajstić information content (AvgIpc) is 3.09. The minimum Gasteiger partial charge on any atom is -0.383 e. The summed E-state index contributed by atoms with van der Waals surface area (Å²) >= 11 is 1.53. The Morgan fingerprint density at radius 1 is 1.13 bits per heavy atom. The van der Waals surface area contributed by atoms with Crippen LogP contribution in [-0.2, 0) is 27.8 Å². The van der Waals surface area contributed by atoms with E-state index < -0.39 is 0 Å². The van der Waals surface area contributed by atoms with Crippen LogP contribution in [0.5, 0.6) is 0 Å². The number of hydrogen-bond acceptors (Lipinski definition) is 4. The summed E-state index contributed by atoms with van der Waals surface area (Å²) in [6.07, 6.45) is 7.36. The van der Waals surface area contributed by atoms with Gasteiger partial charge in [-0.05, 0) is 53.9 Å². The summed E-state index contributed by atoms with van der Waals surface area (Å²) in [5.74, 6) is -0.377. The number of thiophene rings is 1. The van der Waals surface area contributed by atoms with E-state index in [1.165, 1.54) is 27.9 Å².